The van der Waals surface area contributed by atoms with Crippen LogP contribution in [0.1, 0.15) is 10.4 Å². The van der Waals surface area contributed by atoms with Crippen LogP contribution in [0.3, 0.4) is 0 Å². The lowest BCUT2D eigenvalue weighted by molar-refractivity contribution is 0.107. The second kappa shape index (κ2) is 3.92. The number of carbonyl (C=O) groups is 1. The van der Waals surface area contributed by atoms with Gasteiger partial charge in [-0.2, -0.15) is 0 Å². The van der Waals surface area contributed by atoms with Crippen molar-refractivity contribution in [1.29, 1.82) is 0 Å². The number of carbonyl (C=O) groups excluding carboxylic acids is 1. The van der Waals surface area contributed by atoms with Gasteiger partial charge in [0.1, 0.15) is 0 Å². The molecule has 3 nitrogen and oxygen atoms in total. The Labute approximate surface area is 89.0 Å². The zero-order valence-electron chi connectivity index (χ0n) is 7.71. The van der Waals surface area contributed by atoms with E-state index in [1.54, 1.807) is 24.3 Å². The second-order valence-electron chi connectivity index (χ2n) is 3.06. The van der Waals surface area contributed by atoms with E-state index in [2.05, 4.69) is 0 Å². The molecule has 0 spiro atoms. The third-order valence-electron chi connectivity index (χ3n) is 2.17. The summed E-state index contributed by atoms with van der Waals surface area (Å²) in [6.45, 7) is 0. The van der Waals surface area contributed by atoms with Crippen molar-refractivity contribution in [2.45, 2.75) is 0 Å². The quantitative estimate of drug-likeness (QED) is 0.749. The van der Waals surface area contributed by atoms with Crippen molar-refractivity contribution in [1.82, 2.24) is 0 Å². The molecule has 0 aliphatic rings. The molecule has 0 aromatic heterocycles. The van der Waals surface area contributed by atoms with Gasteiger partial charge in [-0.25, -0.2) is 4.21 Å². The van der Waals surface area contributed by atoms with Crippen molar-refractivity contribution >= 4 is 27.0 Å². The average molecular weight is 220 g/mol. The minimum Gasteiger partial charge on any atom is -0.300 e. The molecule has 0 aliphatic heterocycles. The summed E-state index contributed by atoms with van der Waals surface area (Å²) < 4.78 is 19.5. The first-order chi connectivity index (χ1) is 7.20. The molecule has 0 amide bonds. The number of benzene rings is 2. The van der Waals surface area contributed by atoms with Crippen molar-refractivity contribution in [2.24, 2.45) is 0 Å². The highest BCUT2D eigenvalue weighted by Gasteiger charge is 2.14. The monoisotopic (exact) mass is 220 g/mol. The fourth-order valence-electron chi connectivity index (χ4n) is 1.50. The van der Waals surface area contributed by atoms with Crippen molar-refractivity contribution in [3.8, 4) is 0 Å². The Kier molecular flexibility index (Phi) is 2.62. The fraction of sp³-hybridized carbons (Fsp3) is 0. The SMILES string of the molecule is O=C(c1cccc2ccccc12)S(=O)O. The summed E-state index contributed by atoms with van der Waals surface area (Å²) in [5, 5.41) is 0.827. The molecule has 2 aromatic carbocycles. The maximum absolute atomic E-state index is 11.4. The van der Waals surface area contributed by atoms with E-state index in [9.17, 15) is 9.00 Å². The number of rotatable bonds is 1. The average Bonchev–Trinajstić information content (AvgIpc) is 2.27. The standard InChI is InChI=1S/C11H8O3S/c12-11(15(13)14)10-7-3-5-8-4-1-2-6-9(8)10/h1-7H,(H,13,14). The largest absolute Gasteiger partial charge is 0.300 e. The van der Waals surface area contributed by atoms with Crippen molar-refractivity contribution in [3.05, 3.63) is 48.0 Å². The van der Waals surface area contributed by atoms with E-state index in [0.29, 0.717) is 5.39 Å². The molecule has 2 aromatic rings. The van der Waals surface area contributed by atoms with Crippen LogP contribution in [0.25, 0.3) is 10.8 Å². The van der Waals surface area contributed by atoms with E-state index in [4.69, 9.17) is 4.55 Å². The van der Waals surface area contributed by atoms with E-state index in [1.165, 1.54) is 0 Å². The van der Waals surface area contributed by atoms with Crippen LogP contribution in [0.4, 0.5) is 0 Å². The molecular formula is C11H8O3S. The Morgan fingerprint density at radius 3 is 2.47 bits per heavy atom. The molecule has 0 heterocycles. The van der Waals surface area contributed by atoms with Gasteiger partial charge in [-0.1, -0.05) is 36.4 Å². The lowest BCUT2D eigenvalue weighted by Gasteiger charge is -2.02. The normalized spacial score (nSPS) is 12.6. The van der Waals surface area contributed by atoms with Crippen LogP contribution >= 0.6 is 0 Å². The van der Waals surface area contributed by atoms with Gasteiger partial charge in [0.25, 0.3) is 5.12 Å². The summed E-state index contributed by atoms with van der Waals surface area (Å²) in [7, 11) is 0. The van der Waals surface area contributed by atoms with Crippen LogP contribution in [0, 0.1) is 0 Å². The molecule has 4 heteroatoms. The van der Waals surface area contributed by atoms with E-state index in [-0.39, 0.29) is 5.56 Å². The van der Waals surface area contributed by atoms with Gasteiger partial charge in [0.2, 0.25) is 11.1 Å². The van der Waals surface area contributed by atoms with Crippen LogP contribution < -0.4 is 0 Å². The first-order valence-corrected chi connectivity index (χ1v) is 5.44. The van der Waals surface area contributed by atoms with Gasteiger partial charge < -0.3 is 0 Å². The van der Waals surface area contributed by atoms with Crippen LogP contribution in [0.2, 0.25) is 0 Å². The smallest absolute Gasteiger partial charge is 0.276 e. The molecule has 76 valence electrons. The summed E-state index contributed by atoms with van der Waals surface area (Å²) in [6, 6.07) is 12.4. The summed E-state index contributed by atoms with van der Waals surface area (Å²) in [5.74, 6) is 0. The van der Waals surface area contributed by atoms with Crippen LogP contribution in [0.15, 0.2) is 42.5 Å². The van der Waals surface area contributed by atoms with Gasteiger partial charge in [0, 0.05) is 5.56 Å². The van der Waals surface area contributed by atoms with E-state index < -0.39 is 16.2 Å². The number of hydrogen-bond acceptors (Lipinski definition) is 2. The Balaban J connectivity index is 2.71. The molecule has 0 fully saturated rings. The van der Waals surface area contributed by atoms with Crippen LogP contribution in [0.5, 0.6) is 0 Å². The maximum atomic E-state index is 11.4. The van der Waals surface area contributed by atoms with Gasteiger partial charge in [-0.3, -0.25) is 9.35 Å². The number of fused-ring (bicyclic) bond motifs is 1. The van der Waals surface area contributed by atoms with Gasteiger partial charge in [0.15, 0.2) is 0 Å². The van der Waals surface area contributed by atoms with Crippen molar-refractivity contribution < 1.29 is 13.6 Å². The van der Waals surface area contributed by atoms with Crippen LogP contribution in [-0.2, 0) is 11.1 Å². The van der Waals surface area contributed by atoms with E-state index in [1.807, 2.05) is 18.2 Å². The zero-order chi connectivity index (χ0) is 10.8. The van der Waals surface area contributed by atoms with E-state index in [0.717, 1.165) is 5.39 Å². The third-order valence-corrected chi connectivity index (χ3v) is 2.71. The Bertz CT molecular complexity index is 543. The van der Waals surface area contributed by atoms with Crippen molar-refractivity contribution in [3.63, 3.8) is 0 Å². The van der Waals surface area contributed by atoms with Gasteiger partial charge in [-0.05, 0) is 16.8 Å². The van der Waals surface area contributed by atoms with Crippen molar-refractivity contribution in [2.75, 3.05) is 0 Å². The minimum atomic E-state index is -2.46. The molecule has 1 N–H and O–H groups in total. The molecule has 2 rings (SSSR count). The second-order valence-corrected chi connectivity index (χ2v) is 3.93. The highest BCUT2D eigenvalue weighted by atomic mass is 32.2. The van der Waals surface area contributed by atoms with Gasteiger partial charge >= 0.3 is 0 Å². The first-order valence-electron chi connectivity index (χ1n) is 4.33. The Morgan fingerprint density at radius 2 is 1.73 bits per heavy atom. The Morgan fingerprint density at radius 1 is 1.07 bits per heavy atom. The summed E-state index contributed by atoms with van der Waals surface area (Å²) in [4.78, 5) is 11.4. The molecule has 1 atom stereocenters. The summed E-state index contributed by atoms with van der Waals surface area (Å²) in [5.41, 5.74) is 0.286. The van der Waals surface area contributed by atoms with Gasteiger partial charge in [-0.15, -0.1) is 0 Å². The molecular weight excluding hydrogens is 212 g/mol. The first kappa shape index (κ1) is 10.0. The third kappa shape index (κ3) is 1.82. The van der Waals surface area contributed by atoms with Gasteiger partial charge in [0.05, 0.1) is 0 Å². The lowest BCUT2D eigenvalue weighted by Crippen LogP contribution is -2.06. The molecule has 1 unspecified atom stereocenters. The molecule has 15 heavy (non-hydrogen) atoms. The number of hydrogen-bond donors (Lipinski definition) is 1. The molecule has 0 aliphatic carbocycles. The summed E-state index contributed by atoms with van der Waals surface area (Å²) >= 11 is -2.46. The Hall–Kier alpha value is -1.52. The highest BCUT2D eigenvalue weighted by Crippen LogP contribution is 2.19. The molecule has 0 saturated carbocycles. The maximum Gasteiger partial charge on any atom is 0.276 e. The van der Waals surface area contributed by atoms with E-state index >= 15 is 0 Å². The lowest BCUT2D eigenvalue weighted by atomic mass is 10.1. The predicted octanol–water partition coefficient (Wildman–Crippen LogP) is 2.20. The zero-order valence-corrected chi connectivity index (χ0v) is 8.53. The highest BCUT2D eigenvalue weighted by molar-refractivity contribution is 7.95. The topological polar surface area (TPSA) is 54.4 Å². The fourth-order valence-corrected chi connectivity index (χ4v) is 1.86. The summed E-state index contributed by atoms with van der Waals surface area (Å²) in [6.07, 6.45) is 0. The molecule has 0 bridgehead atoms. The minimum absolute atomic E-state index is 0.286. The predicted molar refractivity (Wildman–Crippen MR) is 59.0 cm³/mol. The molecule has 0 radical (unpaired) electrons. The van der Waals surface area contributed by atoms with Crippen LogP contribution in [-0.4, -0.2) is 13.9 Å². The molecule has 0 saturated heterocycles.